The maximum atomic E-state index is 5.28. The quantitative estimate of drug-likeness (QED) is 0.655. The van der Waals surface area contributed by atoms with Gasteiger partial charge in [0.25, 0.3) is 0 Å². The molecule has 1 N–H and O–H groups in total. The number of rotatable bonds is 1. The molecule has 0 unspecified atom stereocenters. The standard InChI is InChI=1S/C12H8N2S2/c15-12-10(6-13-7-14-12)9-3-1-2-8-4-5-16-11(8)9/h1-7H,(H,13,14,15). The van der Waals surface area contributed by atoms with Crippen LogP contribution in [0.5, 0.6) is 0 Å². The van der Waals surface area contributed by atoms with Crippen molar-refractivity contribution in [2.24, 2.45) is 0 Å². The number of aromatic amines is 1. The van der Waals surface area contributed by atoms with E-state index in [1.165, 1.54) is 10.1 Å². The molecule has 0 saturated heterocycles. The summed E-state index contributed by atoms with van der Waals surface area (Å²) in [6.45, 7) is 0. The fraction of sp³-hybridized carbons (Fsp3) is 0. The Morgan fingerprint density at radius 2 is 2.12 bits per heavy atom. The number of nitrogens with one attached hydrogen (secondary N) is 1. The van der Waals surface area contributed by atoms with Crippen LogP contribution in [0.2, 0.25) is 0 Å². The number of H-pyrrole nitrogens is 1. The first-order chi connectivity index (χ1) is 7.86. The zero-order chi connectivity index (χ0) is 11.0. The minimum atomic E-state index is 0.732. The van der Waals surface area contributed by atoms with Crippen molar-refractivity contribution in [3.63, 3.8) is 0 Å². The first-order valence-electron chi connectivity index (χ1n) is 4.85. The van der Waals surface area contributed by atoms with Crippen LogP contribution in [-0.2, 0) is 0 Å². The largest absolute Gasteiger partial charge is 0.337 e. The summed E-state index contributed by atoms with van der Waals surface area (Å²) in [6.07, 6.45) is 3.42. The van der Waals surface area contributed by atoms with Gasteiger partial charge in [0, 0.05) is 22.0 Å². The first kappa shape index (κ1) is 9.69. The van der Waals surface area contributed by atoms with E-state index < -0.39 is 0 Å². The smallest absolute Gasteiger partial charge is 0.113 e. The van der Waals surface area contributed by atoms with Crippen LogP contribution in [0.3, 0.4) is 0 Å². The number of benzene rings is 1. The van der Waals surface area contributed by atoms with Gasteiger partial charge >= 0.3 is 0 Å². The number of hydrogen-bond donors (Lipinski definition) is 1. The molecule has 0 aliphatic rings. The van der Waals surface area contributed by atoms with E-state index in [9.17, 15) is 0 Å². The molecule has 0 aliphatic heterocycles. The fourth-order valence-corrected chi connectivity index (χ4v) is 2.88. The molecule has 2 aromatic heterocycles. The summed E-state index contributed by atoms with van der Waals surface area (Å²) in [5.41, 5.74) is 2.15. The lowest BCUT2D eigenvalue weighted by molar-refractivity contribution is 1.16. The Labute approximate surface area is 102 Å². The third-order valence-electron chi connectivity index (χ3n) is 2.49. The molecule has 0 atom stereocenters. The SMILES string of the molecule is S=c1[nH]cncc1-c1cccc2ccsc12. The number of aromatic nitrogens is 2. The maximum Gasteiger partial charge on any atom is 0.113 e. The van der Waals surface area contributed by atoms with Crippen LogP contribution in [0.4, 0.5) is 0 Å². The van der Waals surface area contributed by atoms with Gasteiger partial charge in [-0.1, -0.05) is 30.4 Å². The van der Waals surface area contributed by atoms with Crippen LogP contribution in [0.15, 0.2) is 42.2 Å². The van der Waals surface area contributed by atoms with Gasteiger partial charge in [-0.25, -0.2) is 4.98 Å². The Kier molecular flexibility index (Phi) is 2.31. The molecule has 0 spiro atoms. The fourth-order valence-electron chi connectivity index (χ4n) is 1.74. The second-order valence-corrected chi connectivity index (χ2v) is 4.76. The van der Waals surface area contributed by atoms with Gasteiger partial charge in [0.15, 0.2) is 0 Å². The van der Waals surface area contributed by atoms with Gasteiger partial charge < -0.3 is 4.98 Å². The minimum Gasteiger partial charge on any atom is -0.337 e. The predicted molar refractivity (Wildman–Crippen MR) is 70.2 cm³/mol. The lowest BCUT2D eigenvalue weighted by atomic mass is 10.1. The Balaban J connectivity index is 2.39. The number of nitrogens with zero attached hydrogens (tertiary/aromatic N) is 1. The third kappa shape index (κ3) is 1.47. The van der Waals surface area contributed by atoms with E-state index in [0.29, 0.717) is 0 Å². The number of fused-ring (bicyclic) bond motifs is 1. The minimum absolute atomic E-state index is 0.732. The summed E-state index contributed by atoms with van der Waals surface area (Å²) in [5.74, 6) is 0. The summed E-state index contributed by atoms with van der Waals surface area (Å²) in [6, 6.07) is 8.36. The number of thiophene rings is 1. The highest BCUT2D eigenvalue weighted by Gasteiger charge is 2.06. The highest BCUT2D eigenvalue weighted by atomic mass is 32.1. The van der Waals surface area contributed by atoms with E-state index in [1.54, 1.807) is 17.7 Å². The van der Waals surface area contributed by atoms with E-state index >= 15 is 0 Å². The molecule has 78 valence electrons. The molecule has 3 aromatic rings. The van der Waals surface area contributed by atoms with Gasteiger partial charge in [-0.15, -0.1) is 11.3 Å². The van der Waals surface area contributed by atoms with Crippen LogP contribution < -0.4 is 0 Å². The number of hydrogen-bond acceptors (Lipinski definition) is 3. The molecule has 0 saturated carbocycles. The Bertz CT molecular complexity index is 697. The maximum absolute atomic E-state index is 5.28. The van der Waals surface area contributed by atoms with Crippen molar-refractivity contribution in [1.82, 2.24) is 9.97 Å². The van der Waals surface area contributed by atoms with Crippen LogP contribution >= 0.6 is 23.6 Å². The molecular weight excluding hydrogens is 236 g/mol. The van der Waals surface area contributed by atoms with Crippen LogP contribution in [0, 0.1) is 4.64 Å². The molecule has 0 amide bonds. The van der Waals surface area contributed by atoms with E-state index in [2.05, 4.69) is 33.5 Å². The molecule has 0 aliphatic carbocycles. The average Bonchev–Trinajstić information content (AvgIpc) is 2.77. The lowest BCUT2D eigenvalue weighted by Gasteiger charge is -2.02. The Morgan fingerprint density at radius 3 is 3.00 bits per heavy atom. The van der Waals surface area contributed by atoms with Gasteiger partial charge in [-0.2, -0.15) is 0 Å². The average molecular weight is 244 g/mol. The normalized spacial score (nSPS) is 10.8. The van der Waals surface area contributed by atoms with Crippen molar-refractivity contribution in [3.05, 3.63) is 46.8 Å². The summed E-state index contributed by atoms with van der Waals surface area (Å²) in [7, 11) is 0. The van der Waals surface area contributed by atoms with E-state index in [4.69, 9.17) is 12.2 Å². The van der Waals surface area contributed by atoms with E-state index in [1.807, 2.05) is 12.3 Å². The Morgan fingerprint density at radius 1 is 1.19 bits per heavy atom. The van der Waals surface area contributed by atoms with Crippen LogP contribution in [-0.4, -0.2) is 9.97 Å². The third-order valence-corrected chi connectivity index (χ3v) is 3.79. The zero-order valence-corrected chi connectivity index (χ0v) is 9.94. The molecule has 0 radical (unpaired) electrons. The summed E-state index contributed by atoms with van der Waals surface area (Å²) in [5, 5.41) is 3.35. The zero-order valence-electron chi connectivity index (χ0n) is 8.31. The van der Waals surface area contributed by atoms with Crippen LogP contribution in [0.1, 0.15) is 0 Å². The molecule has 4 heteroatoms. The lowest BCUT2D eigenvalue weighted by Crippen LogP contribution is -1.84. The monoisotopic (exact) mass is 244 g/mol. The molecule has 2 nitrogen and oxygen atoms in total. The predicted octanol–water partition coefficient (Wildman–Crippen LogP) is 4.02. The van der Waals surface area contributed by atoms with Crippen molar-refractivity contribution in [2.75, 3.05) is 0 Å². The highest BCUT2D eigenvalue weighted by Crippen LogP contribution is 2.32. The van der Waals surface area contributed by atoms with Gasteiger partial charge in [-0.05, 0) is 16.8 Å². The molecule has 2 heterocycles. The van der Waals surface area contributed by atoms with Crippen molar-refractivity contribution in [1.29, 1.82) is 0 Å². The highest BCUT2D eigenvalue weighted by molar-refractivity contribution is 7.71. The second kappa shape index (κ2) is 3.81. The first-order valence-corrected chi connectivity index (χ1v) is 6.14. The summed E-state index contributed by atoms with van der Waals surface area (Å²) >= 11 is 7.01. The van der Waals surface area contributed by atoms with Gasteiger partial charge in [0.05, 0.1) is 6.33 Å². The molecular formula is C12H8N2S2. The van der Waals surface area contributed by atoms with Gasteiger partial charge in [0.2, 0.25) is 0 Å². The molecule has 1 aromatic carbocycles. The van der Waals surface area contributed by atoms with Crippen molar-refractivity contribution >= 4 is 33.6 Å². The molecule has 0 fully saturated rings. The van der Waals surface area contributed by atoms with Crippen molar-refractivity contribution in [2.45, 2.75) is 0 Å². The second-order valence-electron chi connectivity index (χ2n) is 3.44. The van der Waals surface area contributed by atoms with Gasteiger partial charge in [-0.3, -0.25) is 0 Å². The molecule has 16 heavy (non-hydrogen) atoms. The van der Waals surface area contributed by atoms with Crippen LogP contribution in [0.25, 0.3) is 21.2 Å². The molecule has 3 rings (SSSR count). The molecule has 0 bridgehead atoms. The van der Waals surface area contributed by atoms with E-state index in [0.717, 1.165) is 15.8 Å². The summed E-state index contributed by atoms with van der Waals surface area (Å²) < 4.78 is 1.99. The topological polar surface area (TPSA) is 28.7 Å². The van der Waals surface area contributed by atoms with Gasteiger partial charge in [0.1, 0.15) is 4.64 Å². The summed E-state index contributed by atoms with van der Waals surface area (Å²) in [4.78, 5) is 7.06. The Hall–Kier alpha value is -1.52. The van der Waals surface area contributed by atoms with Crippen molar-refractivity contribution in [3.8, 4) is 11.1 Å². The van der Waals surface area contributed by atoms with Crippen molar-refractivity contribution < 1.29 is 0 Å². The van der Waals surface area contributed by atoms with E-state index in [-0.39, 0.29) is 0 Å².